The van der Waals surface area contributed by atoms with E-state index in [1.54, 1.807) is 60.8 Å². The average molecular weight is 1290 g/mol. The number of carboxylic acids is 1. The van der Waals surface area contributed by atoms with E-state index in [0.717, 1.165) is 32.1 Å². The van der Waals surface area contributed by atoms with Gasteiger partial charge in [-0.2, -0.15) is 12.6 Å². The summed E-state index contributed by atoms with van der Waals surface area (Å²) in [6.45, 7) is 1.59. The number of H-pyrrole nitrogens is 1. The van der Waals surface area contributed by atoms with Gasteiger partial charge in [-0.3, -0.25) is 58.1 Å². The molecule has 32 heteroatoms. The summed E-state index contributed by atoms with van der Waals surface area (Å²) in [6, 6.07) is 3.89. The number of rotatable bonds is 40. The van der Waals surface area contributed by atoms with Crippen molar-refractivity contribution in [1.29, 1.82) is 0 Å². The fourth-order valence-electron chi connectivity index (χ4n) is 10.2. The number of unbranched alkanes of at least 4 members (excludes halogenated alkanes) is 1. The van der Waals surface area contributed by atoms with Gasteiger partial charge >= 0.3 is 5.97 Å². The van der Waals surface area contributed by atoms with E-state index in [1.165, 1.54) is 6.92 Å². The summed E-state index contributed by atoms with van der Waals surface area (Å²) >= 11 is 4.27. The standard InChI is InChI=1S/C59H91N19O12S/c1-33(79)48(55(88)73-40(21-13-27-69-59(65)66)50(83)76-44(56(89)90)29-35-16-6-3-7-17-35)78-54(87)45(32-91)77-51(84)41(23-24-46(60)80)72-53(86)43(30-36-31-70-38-19-9-8-18-37(36)38)75-52(85)42(28-34-14-4-2-5-15-34)74-49(82)39(20-12-26-68-58(63)64)71-47(81)22-10-11-25-67-57(61)62/h2,4-5,8-9,14-15,18-19,31,33,35,39-45,48,70,79,91H,3,6-7,10-13,16-17,20-30,32H2,1H3,(H2,60,80)(H,71,81)(H,72,86)(H,73,88)(H,74,82)(H,75,85)(H,76,83)(H,77,84)(H,78,87)(H,89,90)(H4,61,62,67)(H4,63,64,68)(H4,65,66,69)/t33-,39+,40+,41+,42+,43+,44+,45+,48+/m1/s1. The van der Waals surface area contributed by atoms with Crippen molar-refractivity contribution >= 4 is 101 Å². The van der Waals surface area contributed by atoms with Gasteiger partial charge in [0.1, 0.15) is 48.3 Å². The third-order valence-electron chi connectivity index (χ3n) is 15.0. The Kier molecular flexibility index (Phi) is 31.9. The highest BCUT2D eigenvalue weighted by Crippen LogP contribution is 2.28. The predicted octanol–water partition coefficient (Wildman–Crippen LogP) is -2.99. The molecule has 0 radical (unpaired) electrons. The van der Waals surface area contributed by atoms with Crippen molar-refractivity contribution in [1.82, 2.24) is 47.5 Å². The highest BCUT2D eigenvalue weighted by Gasteiger charge is 2.37. The van der Waals surface area contributed by atoms with E-state index < -0.39 is 132 Å². The number of carbonyl (C=O) groups is 10. The monoisotopic (exact) mass is 1290 g/mol. The number of aromatic nitrogens is 1. The third-order valence-corrected chi connectivity index (χ3v) is 15.4. The maximum absolute atomic E-state index is 14.8. The molecule has 91 heavy (non-hydrogen) atoms. The van der Waals surface area contributed by atoms with Crippen LogP contribution in [0.3, 0.4) is 0 Å². The summed E-state index contributed by atoms with van der Waals surface area (Å²) < 4.78 is 0. The van der Waals surface area contributed by atoms with Crippen LogP contribution in [0.25, 0.3) is 10.9 Å². The summed E-state index contributed by atoms with van der Waals surface area (Å²) in [5.74, 6) is -10.1. The normalized spacial score (nSPS) is 15.2. The molecule has 31 nitrogen and oxygen atoms in total. The Hall–Kier alpha value is -9.20. The first-order valence-corrected chi connectivity index (χ1v) is 31.0. The molecule has 9 atom stereocenters. The molecule has 1 heterocycles. The van der Waals surface area contributed by atoms with Crippen LogP contribution in [0.4, 0.5) is 0 Å². The zero-order valence-corrected chi connectivity index (χ0v) is 52.1. The predicted molar refractivity (Wildman–Crippen MR) is 345 cm³/mol. The van der Waals surface area contributed by atoms with Crippen LogP contribution in [0.1, 0.15) is 114 Å². The molecule has 1 saturated carbocycles. The molecule has 1 aromatic heterocycles. The van der Waals surface area contributed by atoms with Gasteiger partial charge in [-0.25, -0.2) is 4.79 Å². The molecule has 0 aliphatic heterocycles. The number of nitrogens with zero attached hydrogens (tertiary/aromatic N) is 3. The van der Waals surface area contributed by atoms with Crippen LogP contribution >= 0.6 is 12.6 Å². The summed E-state index contributed by atoms with van der Waals surface area (Å²) in [7, 11) is 0. The number of nitrogens with two attached hydrogens (primary N) is 7. The van der Waals surface area contributed by atoms with E-state index in [4.69, 9.17) is 40.1 Å². The first-order chi connectivity index (χ1) is 43.3. The number of aliphatic hydroxyl groups is 1. The van der Waals surface area contributed by atoms with Gasteiger partial charge in [0.25, 0.3) is 0 Å². The Morgan fingerprint density at radius 2 is 1.01 bits per heavy atom. The fourth-order valence-corrected chi connectivity index (χ4v) is 10.5. The van der Waals surface area contributed by atoms with Crippen LogP contribution in [0.5, 0.6) is 0 Å². The Bertz CT molecular complexity index is 3000. The van der Waals surface area contributed by atoms with E-state index in [-0.39, 0.29) is 94.8 Å². The lowest BCUT2D eigenvalue weighted by Crippen LogP contribution is -2.62. The number of primary amides is 1. The minimum Gasteiger partial charge on any atom is -0.480 e. The fraction of sp³-hybridized carbons (Fsp3) is 0.542. The van der Waals surface area contributed by atoms with Crippen LogP contribution in [-0.4, -0.2) is 172 Å². The number of aliphatic imine (C=N–C) groups is 3. The van der Waals surface area contributed by atoms with Gasteiger partial charge in [0, 0.05) is 68.2 Å². The molecule has 2 aromatic carbocycles. The van der Waals surface area contributed by atoms with Crippen LogP contribution in [0, 0.1) is 5.92 Å². The number of benzene rings is 2. The summed E-state index contributed by atoms with van der Waals surface area (Å²) in [5.41, 5.74) is 40.2. The van der Waals surface area contributed by atoms with E-state index in [0.29, 0.717) is 34.9 Å². The van der Waals surface area contributed by atoms with Gasteiger partial charge in [-0.1, -0.05) is 80.6 Å². The Morgan fingerprint density at radius 3 is 1.56 bits per heavy atom. The van der Waals surface area contributed by atoms with Crippen molar-refractivity contribution < 1.29 is 58.2 Å². The van der Waals surface area contributed by atoms with E-state index in [1.807, 2.05) is 0 Å². The number of hydrogen-bond acceptors (Lipinski definition) is 15. The lowest BCUT2D eigenvalue weighted by atomic mass is 9.84. The first-order valence-electron chi connectivity index (χ1n) is 30.3. The van der Waals surface area contributed by atoms with E-state index >= 15 is 0 Å². The molecule has 4 rings (SSSR count). The van der Waals surface area contributed by atoms with Gasteiger partial charge in [-0.05, 0) is 81.4 Å². The van der Waals surface area contributed by atoms with Crippen molar-refractivity contribution in [3.63, 3.8) is 0 Å². The number of guanidine groups is 3. The van der Waals surface area contributed by atoms with Gasteiger partial charge < -0.3 is 97.9 Å². The molecular formula is C59H91N19O12S. The number of hydrogen-bond donors (Lipinski definition) is 19. The van der Waals surface area contributed by atoms with Crippen molar-refractivity contribution in [3.05, 3.63) is 71.9 Å². The average Bonchev–Trinajstić information content (AvgIpc) is 1.82. The van der Waals surface area contributed by atoms with Gasteiger partial charge in [0.15, 0.2) is 17.9 Å². The molecule has 0 bridgehead atoms. The number of thiol groups is 1. The topological polar surface area (TPSA) is 542 Å². The van der Waals surface area contributed by atoms with Crippen LogP contribution in [0.2, 0.25) is 0 Å². The van der Waals surface area contributed by atoms with Gasteiger partial charge in [0.05, 0.1) is 6.10 Å². The summed E-state index contributed by atoms with van der Waals surface area (Å²) in [4.78, 5) is 153. The molecule has 0 spiro atoms. The quantitative estimate of drug-likeness (QED) is 0.0117. The minimum absolute atomic E-state index is 0.00749. The Balaban J connectivity index is 1.61. The molecule has 25 N–H and O–H groups in total. The highest BCUT2D eigenvalue weighted by molar-refractivity contribution is 7.80. The smallest absolute Gasteiger partial charge is 0.326 e. The molecular weight excluding hydrogens is 1200 g/mol. The summed E-state index contributed by atoms with van der Waals surface area (Å²) in [5, 5.41) is 42.4. The highest BCUT2D eigenvalue weighted by atomic mass is 32.1. The number of carbonyl (C=O) groups excluding carboxylic acids is 9. The first kappa shape index (κ1) is 74.3. The van der Waals surface area contributed by atoms with E-state index in [9.17, 15) is 58.2 Å². The number of carboxylic acid groups (broad SMARTS) is 1. The maximum Gasteiger partial charge on any atom is 0.326 e. The Labute approximate surface area is 533 Å². The lowest BCUT2D eigenvalue weighted by molar-refractivity contribution is -0.143. The number of para-hydroxylation sites is 1. The van der Waals surface area contributed by atoms with Crippen molar-refractivity contribution in [2.24, 2.45) is 61.0 Å². The number of nitrogens with one attached hydrogen (secondary N) is 9. The molecule has 1 aliphatic rings. The molecule has 3 aromatic rings. The van der Waals surface area contributed by atoms with Crippen LogP contribution < -0.4 is 82.7 Å². The van der Waals surface area contributed by atoms with Crippen molar-refractivity contribution in [2.45, 2.75) is 171 Å². The maximum atomic E-state index is 14.8. The number of aliphatic carboxylic acids is 1. The molecule has 0 unspecified atom stereocenters. The third kappa shape index (κ3) is 27.2. The van der Waals surface area contributed by atoms with Gasteiger partial charge in [0.2, 0.25) is 53.2 Å². The van der Waals surface area contributed by atoms with E-state index in [2.05, 4.69) is 75.1 Å². The van der Waals surface area contributed by atoms with Crippen LogP contribution in [0.15, 0.2) is 75.8 Å². The molecule has 1 aliphatic carbocycles. The number of amides is 9. The molecule has 500 valence electrons. The zero-order valence-electron chi connectivity index (χ0n) is 51.2. The second-order valence-electron chi connectivity index (χ2n) is 22.4. The largest absolute Gasteiger partial charge is 0.480 e. The minimum atomic E-state index is -1.79. The Morgan fingerprint density at radius 1 is 0.538 bits per heavy atom. The lowest BCUT2D eigenvalue weighted by Gasteiger charge is -2.29. The molecule has 1 fully saturated rings. The second-order valence-corrected chi connectivity index (χ2v) is 22.8. The zero-order chi connectivity index (χ0) is 67.0. The number of aliphatic hydroxyl groups excluding tert-OH is 1. The van der Waals surface area contributed by atoms with Crippen molar-refractivity contribution in [3.8, 4) is 0 Å². The van der Waals surface area contributed by atoms with Crippen LogP contribution in [-0.2, 0) is 60.8 Å². The number of fused-ring (bicyclic) bond motifs is 1. The van der Waals surface area contributed by atoms with Crippen molar-refractivity contribution in [2.75, 3.05) is 25.4 Å². The summed E-state index contributed by atoms with van der Waals surface area (Å²) in [6.07, 6.45) is 4.53. The number of aromatic amines is 1. The second kappa shape index (κ2) is 39.0. The SMILES string of the molecule is C[C@@H](O)[C@H](NC(=O)[C@H](CS)NC(=O)[C@H](CCC(N)=O)NC(=O)[C@H](Cc1c[nH]c2ccccc12)NC(=O)[C@H](Cc1ccccc1)NC(=O)[C@H](CCCN=C(N)N)NC(=O)CCCCN=C(N)N)C(=O)N[C@@H](CCCN=C(N)N)C(=O)N[C@@H](CC1CCCCC1)C(=O)O. The molecule has 9 amide bonds. The van der Waals surface area contributed by atoms with Gasteiger partial charge in [-0.15, -0.1) is 0 Å². The molecule has 0 saturated heterocycles.